The molecule has 37 heavy (non-hydrogen) atoms. The average molecular weight is 520 g/mol. The van der Waals surface area contributed by atoms with Crippen molar-refractivity contribution in [3.63, 3.8) is 0 Å². The van der Waals surface area contributed by atoms with Crippen molar-refractivity contribution in [2.75, 3.05) is 17.3 Å². The number of methoxy groups -OCH3 is 1. The Hall–Kier alpha value is -4.63. The van der Waals surface area contributed by atoms with Crippen molar-refractivity contribution in [1.82, 2.24) is 5.32 Å². The minimum Gasteiger partial charge on any atom is -0.497 e. The molecule has 1 aliphatic rings. The molecule has 188 valence electrons. The summed E-state index contributed by atoms with van der Waals surface area (Å²) >= 11 is 6.24. The second kappa shape index (κ2) is 10.5. The molecule has 0 aliphatic carbocycles. The Morgan fingerprint density at radius 2 is 1.59 bits per heavy atom. The number of nitrogens with one attached hydrogen (secondary N) is 2. The topological polar surface area (TPSA) is 125 Å². The smallest absolute Gasteiger partial charge is 0.335 e. The molecule has 0 unspecified atom stereocenters. The molecule has 0 saturated carbocycles. The van der Waals surface area contributed by atoms with Gasteiger partial charge in [-0.05, 0) is 66.6 Å². The van der Waals surface area contributed by atoms with Gasteiger partial charge in [-0.25, -0.2) is 9.69 Å². The fraction of sp³-hybridized carbons (Fsp3) is 0.111. The Morgan fingerprint density at radius 1 is 0.946 bits per heavy atom. The van der Waals surface area contributed by atoms with Crippen molar-refractivity contribution in [1.29, 1.82) is 0 Å². The first-order valence-corrected chi connectivity index (χ1v) is 11.5. The molecule has 10 heteroatoms. The van der Waals surface area contributed by atoms with Crippen LogP contribution in [0.25, 0.3) is 0 Å². The van der Waals surface area contributed by atoms with E-state index in [0.717, 1.165) is 16.0 Å². The lowest BCUT2D eigenvalue weighted by Crippen LogP contribution is -2.32. The number of benzene rings is 3. The number of anilines is 2. The first-order valence-electron chi connectivity index (χ1n) is 11.1. The maximum Gasteiger partial charge on any atom is 0.335 e. The maximum atomic E-state index is 13.1. The molecule has 3 aromatic carbocycles. The minimum atomic E-state index is -1.03. The Morgan fingerprint density at radius 3 is 2.22 bits per heavy atom. The van der Waals surface area contributed by atoms with Crippen molar-refractivity contribution in [2.24, 2.45) is 0 Å². The van der Waals surface area contributed by atoms with Crippen molar-refractivity contribution in [2.45, 2.75) is 13.5 Å². The lowest BCUT2D eigenvalue weighted by Gasteiger charge is -2.16. The number of carbonyl (C=O) groups is 4. The number of halogens is 1. The molecule has 0 bridgehead atoms. The summed E-state index contributed by atoms with van der Waals surface area (Å²) in [6, 6.07) is 17.5. The number of imide groups is 1. The molecule has 1 heterocycles. The Labute approximate surface area is 217 Å². The van der Waals surface area contributed by atoms with E-state index in [9.17, 15) is 19.2 Å². The largest absolute Gasteiger partial charge is 0.497 e. The van der Waals surface area contributed by atoms with E-state index in [4.69, 9.17) is 21.4 Å². The number of nitrogens with zero attached hydrogens (tertiary/aromatic N) is 1. The van der Waals surface area contributed by atoms with Crippen LogP contribution in [0.2, 0.25) is 0 Å². The van der Waals surface area contributed by atoms with Crippen LogP contribution in [0.15, 0.2) is 77.5 Å². The number of carbonyl (C=O) groups excluding carboxylic acids is 3. The highest BCUT2D eigenvalue weighted by Gasteiger charge is 2.39. The first-order chi connectivity index (χ1) is 17.7. The third kappa shape index (κ3) is 5.31. The number of aromatic carboxylic acids is 1. The van der Waals surface area contributed by atoms with E-state index in [0.29, 0.717) is 22.7 Å². The molecule has 9 nitrogen and oxygen atoms in total. The van der Waals surface area contributed by atoms with Gasteiger partial charge in [0.25, 0.3) is 17.7 Å². The van der Waals surface area contributed by atoms with E-state index < -0.39 is 17.8 Å². The lowest BCUT2D eigenvalue weighted by molar-refractivity contribution is -0.120. The van der Waals surface area contributed by atoms with Gasteiger partial charge >= 0.3 is 5.97 Å². The van der Waals surface area contributed by atoms with Gasteiger partial charge in [-0.3, -0.25) is 14.4 Å². The molecule has 3 amide bonds. The SMILES string of the molecule is COc1ccc(N2C(=O)C(Cl)=C(Nc3cc(C(=O)NCc4ccc(C(=O)O)cc4)ccc3C)C2=O)cc1. The zero-order valence-corrected chi connectivity index (χ0v) is 20.6. The number of carboxylic acid groups (broad SMARTS) is 1. The number of rotatable bonds is 8. The number of carboxylic acids is 1. The van der Waals surface area contributed by atoms with Crippen LogP contribution in [-0.4, -0.2) is 35.9 Å². The van der Waals surface area contributed by atoms with Gasteiger partial charge in [-0.15, -0.1) is 0 Å². The molecule has 3 aromatic rings. The van der Waals surface area contributed by atoms with Crippen molar-refractivity contribution in [3.8, 4) is 5.75 Å². The molecule has 0 aromatic heterocycles. The molecule has 3 N–H and O–H groups in total. The standard InChI is InChI=1S/C27H22ClN3O6/c1-15-3-6-18(24(32)29-14-16-4-7-17(8-5-16)27(35)36)13-21(15)30-23-22(28)25(33)31(26(23)34)19-9-11-20(37-2)12-10-19/h3-13,30H,14H2,1-2H3,(H,29,32)(H,35,36). The molecule has 0 fully saturated rings. The summed E-state index contributed by atoms with van der Waals surface area (Å²) < 4.78 is 5.11. The molecule has 0 atom stereocenters. The lowest BCUT2D eigenvalue weighted by atomic mass is 10.1. The zero-order valence-electron chi connectivity index (χ0n) is 19.9. The number of ether oxygens (including phenoxy) is 1. The number of hydrogen-bond donors (Lipinski definition) is 3. The fourth-order valence-electron chi connectivity index (χ4n) is 3.66. The summed E-state index contributed by atoms with van der Waals surface area (Å²) in [7, 11) is 1.51. The van der Waals surface area contributed by atoms with Crippen LogP contribution in [-0.2, 0) is 16.1 Å². The predicted octanol–water partition coefficient (Wildman–Crippen LogP) is 4.07. The Balaban J connectivity index is 1.49. The molecule has 0 radical (unpaired) electrons. The van der Waals surface area contributed by atoms with Crippen LogP contribution in [0, 0.1) is 6.92 Å². The summed E-state index contributed by atoms with van der Waals surface area (Å²) in [4.78, 5) is 50.6. The highest BCUT2D eigenvalue weighted by molar-refractivity contribution is 6.53. The second-order valence-electron chi connectivity index (χ2n) is 8.17. The highest BCUT2D eigenvalue weighted by Crippen LogP contribution is 2.32. The second-order valence-corrected chi connectivity index (χ2v) is 8.55. The molecule has 4 rings (SSSR count). The van der Waals surface area contributed by atoms with E-state index >= 15 is 0 Å². The third-order valence-electron chi connectivity index (χ3n) is 5.77. The van der Waals surface area contributed by atoms with Crippen LogP contribution >= 0.6 is 11.6 Å². The van der Waals surface area contributed by atoms with E-state index in [1.165, 1.54) is 19.2 Å². The van der Waals surface area contributed by atoms with E-state index in [-0.39, 0.29) is 28.7 Å². The van der Waals surface area contributed by atoms with Gasteiger partial charge in [0.15, 0.2) is 0 Å². The van der Waals surface area contributed by atoms with Crippen LogP contribution in [0.4, 0.5) is 11.4 Å². The van der Waals surface area contributed by atoms with E-state index in [1.807, 2.05) is 0 Å². The minimum absolute atomic E-state index is 0.0957. The van der Waals surface area contributed by atoms with Gasteiger partial charge < -0.3 is 20.5 Å². The number of hydrogen-bond acceptors (Lipinski definition) is 6. The third-order valence-corrected chi connectivity index (χ3v) is 6.12. The van der Waals surface area contributed by atoms with Gasteiger partial charge in [0.05, 0.1) is 18.4 Å². The Bertz CT molecular complexity index is 1430. The van der Waals surface area contributed by atoms with Crippen LogP contribution in [0.1, 0.15) is 31.8 Å². The zero-order chi connectivity index (χ0) is 26.7. The van der Waals surface area contributed by atoms with Gasteiger partial charge in [0, 0.05) is 17.8 Å². The van der Waals surface area contributed by atoms with E-state index in [2.05, 4.69) is 10.6 Å². The van der Waals surface area contributed by atoms with Gasteiger partial charge in [0.2, 0.25) is 0 Å². The van der Waals surface area contributed by atoms with Crippen molar-refractivity contribution in [3.05, 3.63) is 99.7 Å². The number of aryl methyl sites for hydroxylation is 1. The highest BCUT2D eigenvalue weighted by atomic mass is 35.5. The van der Waals surface area contributed by atoms with Crippen molar-refractivity contribution < 1.29 is 29.0 Å². The van der Waals surface area contributed by atoms with Gasteiger partial charge in [-0.1, -0.05) is 29.8 Å². The number of amides is 3. The summed E-state index contributed by atoms with van der Waals surface area (Å²) in [5.41, 5.74) is 2.60. The van der Waals surface area contributed by atoms with Gasteiger partial charge in [-0.2, -0.15) is 0 Å². The quantitative estimate of drug-likeness (QED) is 0.383. The first kappa shape index (κ1) is 25.5. The Kier molecular flexibility index (Phi) is 7.26. The van der Waals surface area contributed by atoms with Crippen LogP contribution in [0.5, 0.6) is 5.75 Å². The molecule has 1 aliphatic heterocycles. The normalized spacial score (nSPS) is 13.1. The monoisotopic (exact) mass is 519 g/mol. The van der Waals surface area contributed by atoms with Crippen LogP contribution < -0.4 is 20.3 Å². The average Bonchev–Trinajstić information content (AvgIpc) is 3.11. The maximum absolute atomic E-state index is 13.1. The van der Waals surface area contributed by atoms with Crippen LogP contribution in [0.3, 0.4) is 0 Å². The van der Waals surface area contributed by atoms with Gasteiger partial charge in [0.1, 0.15) is 16.5 Å². The summed E-state index contributed by atoms with van der Waals surface area (Å²) in [5, 5.41) is 14.4. The molecular weight excluding hydrogens is 498 g/mol. The summed E-state index contributed by atoms with van der Waals surface area (Å²) in [5.74, 6) is -2.12. The van der Waals surface area contributed by atoms with E-state index in [1.54, 1.807) is 61.5 Å². The summed E-state index contributed by atoms with van der Waals surface area (Å²) in [6.07, 6.45) is 0. The molecule has 0 spiro atoms. The van der Waals surface area contributed by atoms with Crippen molar-refractivity contribution >= 4 is 46.7 Å². The fourth-order valence-corrected chi connectivity index (χ4v) is 3.87. The summed E-state index contributed by atoms with van der Waals surface area (Å²) in [6.45, 7) is 1.97. The molecule has 0 saturated heterocycles. The molecular formula is C27H22ClN3O6. The predicted molar refractivity (Wildman–Crippen MR) is 138 cm³/mol.